The van der Waals surface area contributed by atoms with E-state index >= 15 is 0 Å². The Kier molecular flexibility index (Phi) is 3.80. The Morgan fingerprint density at radius 3 is 2.19 bits per heavy atom. The van der Waals surface area contributed by atoms with E-state index in [1.165, 1.54) is 0 Å². The molecule has 1 rings (SSSR count). The van der Waals surface area contributed by atoms with Crippen molar-refractivity contribution in [2.45, 2.75) is 18.6 Å². The Labute approximate surface area is 91.7 Å². The number of carbonyl (C=O) groups excluding carboxylic acids is 1. The molecule has 0 aromatic carbocycles. The SMILES string of the molecule is COC(=O)C(C)(N1CCNCC1)C(F)(F)F. The van der Waals surface area contributed by atoms with E-state index in [0.29, 0.717) is 13.1 Å². The van der Waals surface area contributed by atoms with Gasteiger partial charge in [-0.25, -0.2) is 4.79 Å². The molecule has 0 spiro atoms. The number of piperazine rings is 1. The second-order valence-electron chi connectivity index (χ2n) is 3.80. The maximum atomic E-state index is 13.0. The molecule has 0 amide bonds. The van der Waals surface area contributed by atoms with Gasteiger partial charge in [-0.2, -0.15) is 13.2 Å². The molecule has 1 unspecified atom stereocenters. The number of nitrogens with zero attached hydrogens (tertiary/aromatic N) is 1. The minimum atomic E-state index is -4.64. The van der Waals surface area contributed by atoms with Crippen LogP contribution in [0.4, 0.5) is 13.2 Å². The van der Waals surface area contributed by atoms with Crippen LogP contribution in [0.5, 0.6) is 0 Å². The first kappa shape index (κ1) is 13.2. The van der Waals surface area contributed by atoms with Gasteiger partial charge in [-0.15, -0.1) is 0 Å². The molecule has 1 atom stereocenters. The number of methoxy groups -OCH3 is 1. The van der Waals surface area contributed by atoms with Crippen molar-refractivity contribution in [2.24, 2.45) is 0 Å². The van der Waals surface area contributed by atoms with Crippen LogP contribution in [0.2, 0.25) is 0 Å². The van der Waals surface area contributed by atoms with Crippen LogP contribution >= 0.6 is 0 Å². The third-order valence-corrected chi connectivity index (χ3v) is 2.88. The van der Waals surface area contributed by atoms with Gasteiger partial charge in [0.25, 0.3) is 0 Å². The second-order valence-corrected chi connectivity index (χ2v) is 3.80. The van der Waals surface area contributed by atoms with Crippen LogP contribution in [-0.2, 0) is 9.53 Å². The maximum absolute atomic E-state index is 13.0. The highest BCUT2D eigenvalue weighted by Gasteiger charge is 2.61. The summed E-state index contributed by atoms with van der Waals surface area (Å²) in [6.45, 7) is 2.08. The lowest BCUT2D eigenvalue weighted by Crippen LogP contribution is -2.66. The molecule has 1 heterocycles. The van der Waals surface area contributed by atoms with E-state index in [1.807, 2.05) is 0 Å². The molecule has 1 fully saturated rings. The van der Waals surface area contributed by atoms with Gasteiger partial charge >= 0.3 is 12.1 Å². The highest BCUT2D eigenvalue weighted by molar-refractivity contribution is 5.81. The van der Waals surface area contributed by atoms with Gasteiger partial charge in [0, 0.05) is 26.2 Å². The zero-order chi connectivity index (χ0) is 12.4. The standard InChI is InChI=1S/C9H15F3N2O2/c1-8(7(15)16-2,9(10,11)12)14-5-3-13-4-6-14/h13H,3-6H2,1-2H3. The van der Waals surface area contributed by atoms with Crippen molar-refractivity contribution in [3.8, 4) is 0 Å². The van der Waals surface area contributed by atoms with E-state index in [1.54, 1.807) is 0 Å². The lowest BCUT2D eigenvalue weighted by atomic mass is 9.98. The largest absolute Gasteiger partial charge is 0.467 e. The Hall–Kier alpha value is -0.820. The van der Waals surface area contributed by atoms with Crippen LogP contribution in [0.1, 0.15) is 6.92 Å². The number of hydrogen-bond donors (Lipinski definition) is 1. The first-order valence-corrected chi connectivity index (χ1v) is 4.95. The Bertz CT molecular complexity index is 264. The third-order valence-electron chi connectivity index (χ3n) is 2.88. The van der Waals surface area contributed by atoms with Crippen molar-refractivity contribution in [1.82, 2.24) is 10.2 Å². The van der Waals surface area contributed by atoms with Crippen molar-refractivity contribution in [1.29, 1.82) is 0 Å². The molecular weight excluding hydrogens is 225 g/mol. The number of carbonyl (C=O) groups is 1. The van der Waals surface area contributed by atoms with E-state index in [9.17, 15) is 18.0 Å². The van der Waals surface area contributed by atoms with Crippen LogP contribution in [0, 0.1) is 0 Å². The molecule has 0 aliphatic carbocycles. The monoisotopic (exact) mass is 240 g/mol. The number of halogens is 3. The number of esters is 1. The molecule has 0 bridgehead atoms. The summed E-state index contributed by atoms with van der Waals surface area (Å²) in [5.74, 6) is -1.26. The third kappa shape index (κ3) is 2.15. The fourth-order valence-corrected chi connectivity index (χ4v) is 1.73. The fourth-order valence-electron chi connectivity index (χ4n) is 1.73. The lowest BCUT2D eigenvalue weighted by molar-refractivity contribution is -0.235. The number of rotatable bonds is 2. The highest BCUT2D eigenvalue weighted by Crippen LogP contribution is 2.36. The summed E-state index contributed by atoms with van der Waals surface area (Å²) in [7, 11) is 0.967. The Morgan fingerprint density at radius 2 is 1.81 bits per heavy atom. The molecule has 0 aromatic heterocycles. The molecule has 94 valence electrons. The summed E-state index contributed by atoms with van der Waals surface area (Å²) >= 11 is 0. The van der Waals surface area contributed by atoms with Gasteiger partial charge < -0.3 is 10.1 Å². The first-order chi connectivity index (χ1) is 7.34. The molecule has 1 saturated heterocycles. The smallest absolute Gasteiger partial charge is 0.417 e. The summed E-state index contributed by atoms with van der Waals surface area (Å²) in [6.07, 6.45) is -4.64. The molecule has 1 N–H and O–H groups in total. The normalized spacial score (nSPS) is 22.6. The van der Waals surface area contributed by atoms with Gasteiger partial charge in [0.15, 0.2) is 0 Å². The van der Waals surface area contributed by atoms with Crippen molar-refractivity contribution >= 4 is 5.97 Å². The predicted octanol–water partition coefficient (Wildman–Crippen LogP) is 0.386. The van der Waals surface area contributed by atoms with Crippen LogP contribution in [0.15, 0.2) is 0 Å². The quantitative estimate of drug-likeness (QED) is 0.709. The van der Waals surface area contributed by atoms with E-state index in [0.717, 1.165) is 18.9 Å². The van der Waals surface area contributed by atoms with E-state index in [-0.39, 0.29) is 13.1 Å². The topological polar surface area (TPSA) is 41.6 Å². The molecule has 0 saturated carbocycles. The highest BCUT2D eigenvalue weighted by atomic mass is 19.4. The van der Waals surface area contributed by atoms with Crippen LogP contribution in [-0.4, -0.2) is 55.9 Å². The molecule has 4 nitrogen and oxygen atoms in total. The number of hydrogen-bond acceptors (Lipinski definition) is 4. The van der Waals surface area contributed by atoms with E-state index < -0.39 is 17.7 Å². The predicted molar refractivity (Wildman–Crippen MR) is 50.9 cm³/mol. The van der Waals surface area contributed by atoms with Crippen LogP contribution < -0.4 is 5.32 Å². The number of ether oxygens (including phenoxy) is 1. The van der Waals surface area contributed by atoms with Crippen LogP contribution in [0.3, 0.4) is 0 Å². The van der Waals surface area contributed by atoms with Gasteiger partial charge in [-0.05, 0) is 6.92 Å². The summed E-state index contributed by atoms with van der Waals surface area (Å²) in [5, 5.41) is 2.93. The second kappa shape index (κ2) is 4.58. The fraction of sp³-hybridized carbons (Fsp3) is 0.889. The molecule has 16 heavy (non-hydrogen) atoms. The van der Waals surface area contributed by atoms with Gasteiger partial charge in [-0.1, -0.05) is 0 Å². The zero-order valence-corrected chi connectivity index (χ0v) is 9.23. The maximum Gasteiger partial charge on any atom is 0.417 e. The zero-order valence-electron chi connectivity index (χ0n) is 9.23. The van der Waals surface area contributed by atoms with Crippen molar-refractivity contribution < 1.29 is 22.7 Å². The summed E-state index contributed by atoms with van der Waals surface area (Å²) in [6, 6.07) is 0. The first-order valence-electron chi connectivity index (χ1n) is 4.95. The van der Waals surface area contributed by atoms with Gasteiger partial charge in [0.05, 0.1) is 7.11 Å². The van der Waals surface area contributed by atoms with Crippen molar-refractivity contribution in [2.75, 3.05) is 33.3 Å². The van der Waals surface area contributed by atoms with Crippen molar-refractivity contribution in [3.63, 3.8) is 0 Å². The molecule has 0 aromatic rings. The summed E-state index contributed by atoms with van der Waals surface area (Å²) < 4.78 is 43.2. The number of nitrogens with one attached hydrogen (secondary N) is 1. The lowest BCUT2D eigenvalue weighted by Gasteiger charge is -2.41. The minimum absolute atomic E-state index is 0.172. The van der Waals surface area contributed by atoms with Crippen molar-refractivity contribution in [3.05, 3.63) is 0 Å². The molecule has 0 radical (unpaired) electrons. The average Bonchev–Trinajstić information content (AvgIpc) is 2.26. The van der Waals surface area contributed by atoms with Gasteiger partial charge in [-0.3, -0.25) is 4.90 Å². The van der Waals surface area contributed by atoms with E-state index in [2.05, 4.69) is 10.1 Å². The van der Waals surface area contributed by atoms with Crippen LogP contribution in [0.25, 0.3) is 0 Å². The summed E-state index contributed by atoms with van der Waals surface area (Å²) in [5.41, 5.74) is -2.55. The van der Waals surface area contributed by atoms with E-state index in [4.69, 9.17) is 0 Å². The Balaban J connectivity index is 2.98. The van der Waals surface area contributed by atoms with Gasteiger partial charge in [0.1, 0.15) is 0 Å². The molecule has 1 aliphatic rings. The molecule has 7 heteroatoms. The molecular formula is C9H15F3N2O2. The number of alkyl halides is 3. The molecule has 1 aliphatic heterocycles. The average molecular weight is 240 g/mol. The summed E-state index contributed by atoms with van der Waals surface area (Å²) in [4.78, 5) is 12.5. The Morgan fingerprint density at radius 1 is 1.31 bits per heavy atom. The van der Waals surface area contributed by atoms with Gasteiger partial charge in [0.2, 0.25) is 5.54 Å². The minimum Gasteiger partial charge on any atom is -0.467 e.